The van der Waals surface area contributed by atoms with Crippen molar-refractivity contribution in [2.75, 3.05) is 0 Å². The number of ketones is 1. The van der Waals surface area contributed by atoms with Crippen LogP contribution in [0.4, 0.5) is 0 Å². The first kappa shape index (κ1) is 22.8. The van der Waals surface area contributed by atoms with Gasteiger partial charge < -0.3 is 9.47 Å². The number of carbonyl (C=O) groups excluding carboxylic acids is 3. The molecule has 10 atom stereocenters. The summed E-state index contributed by atoms with van der Waals surface area (Å²) in [5.74, 6) is 2.13. The van der Waals surface area contributed by atoms with E-state index in [2.05, 4.69) is 20.8 Å². The summed E-state index contributed by atoms with van der Waals surface area (Å²) in [6.45, 7) is 11.7. The lowest BCUT2D eigenvalue weighted by molar-refractivity contribution is -0.200. The Morgan fingerprint density at radius 3 is 2.16 bits per heavy atom. The zero-order valence-corrected chi connectivity index (χ0v) is 20.1. The van der Waals surface area contributed by atoms with E-state index in [4.69, 9.17) is 9.47 Å². The summed E-state index contributed by atoms with van der Waals surface area (Å²) in [4.78, 5) is 36.3. The molecule has 0 bridgehead atoms. The molecule has 0 aromatic rings. The third-order valence-electron chi connectivity index (χ3n) is 9.95. The molecule has 4 aliphatic rings. The first-order valence-electron chi connectivity index (χ1n) is 12.3. The molecule has 0 N–H and O–H groups in total. The molecular weight excluding hydrogens is 392 g/mol. The highest BCUT2D eigenvalue weighted by molar-refractivity contribution is 5.80. The Morgan fingerprint density at radius 2 is 1.55 bits per heavy atom. The van der Waals surface area contributed by atoms with Gasteiger partial charge in [0.05, 0.1) is 0 Å². The average molecular weight is 433 g/mol. The Balaban J connectivity index is 1.68. The van der Waals surface area contributed by atoms with E-state index in [1.165, 1.54) is 13.8 Å². The van der Waals surface area contributed by atoms with Gasteiger partial charge in [-0.05, 0) is 86.4 Å². The molecular formula is C26H40O5. The molecule has 4 rings (SSSR count). The summed E-state index contributed by atoms with van der Waals surface area (Å²) in [6, 6.07) is 0. The Morgan fingerprint density at radius 1 is 0.871 bits per heavy atom. The van der Waals surface area contributed by atoms with Crippen molar-refractivity contribution in [2.45, 2.75) is 98.7 Å². The SMILES string of the molecule is CC(=O)O[C@@H]1CC[C@@]2(C)[C@@H](CC[C@@H]3[C@H]2[C@H](OC(C)=O)C[C@@]2(C)[C@H]3C[C@@H](C)[C@@H]2C(C)=O)C1. The van der Waals surface area contributed by atoms with E-state index >= 15 is 0 Å². The highest BCUT2D eigenvalue weighted by Crippen LogP contribution is 2.69. The standard InChI is InChI=1S/C26H40O5/c1-14-11-21-20-8-7-18-12-19(30-16(3)28)9-10-25(18,5)24(20)22(31-17(4)29)13-26(21,6)23(14)15(2)27/h14,18-24H,7-13H2,1-6H3/t14-,18+,19-,20+,21+,22-,23-,24+,25+,26+/m1/s1. The molecule has 0 amide bonds. The summed E-state index contributed by atoms with van der Waals surface area (Å²) < 4.78 is 11.7. The molecule has 0 unspecified atom stereocenters. The van der Waals surface area contributed by atoms with Crippen LogP contribution in [0.1, 0.15) is 86.5 Å². The Kier molecular flexibility index (Phi) is 5.79. The number of carbonyl (C=O) groups is 3. The minimum Gasteiger partial charge on any atom is -0.463 e. The van der Waals surface area contributed by atoms with Gasteiger partial charge >= 0.3 is 11.9 Å². The fraction of sp³-hybridized carbons (Fsp3) is 0.885. The zero-order chi connectivity index (χ0) is 22.7. The zero-order valence-electron chi connectivity index (χ0n) is 20.1. The topological polar surface area (TPSA) is 69.7 Å². The van der Waals surface area contributed by atoms with Crippen LogP contribution in [0.25, 0.3) is 0 Å². The van der Waals surface area contributed by atoms with Crippen molar-refractivity contribution >= 4 is 17.7 Å². The molecule has 5 nitrogen and oxygen atoms in total. The van der Waals surface area contributed by atoms with E-state index in [1.54, 1.807) is 6.92 Å². The number of esters is 2. The smallest absolute Gasteiger partial charge is 0.302 e. The molecule has 0 spiro atoms. The largest absolute Gasteiger partial charge is 0.463 e. The van der Waals surface area contributed by atoms with Crippen LogP contribution in [0.2, 0.25) is 0 Å². The van der Waals surface area contributed by atoms with Gasteiger partial charge in [-0.25, -0.2) is 0 Å². The van der Waals surface area contributed by atoms with Gasteiger partial charge in [-0.2, -0.15) is 0 Å². The molecule has 4 saturated carbocycles. The number of hydrogen-bond donors (Lipinski definition) is 0. The Bertz CT molecular complexity index is 761. The van der Waals surface area contributed by atoms with Crippen molar-refractivity contribution in [3.05, 3.63) is 0 Å². The quantitative estimate of drug-likeness (QED) is 0.590. The van der Waals surface area contributed by atoms with Crippen LogP contribution in [0, 0.1) is 46.3 Å². The van der Waals surface area contributed by atoms with Crippen LogP contribution in [0.5, 0.6) is 0 Å². The summed E-state index contributed by atoms with van der Waals surface area (Å²) >= 11 is 0. The summed E-state index contributed by atoms with van der Waals surface area (Å²) in [5, 5.41) is 0. The highest BCUT2D eigenvalue weighted by Gasteiger charge is 2.66. The molecule has 5 heteroatoms. The van der Waals surface area contributed by atoms with Crippen LogP contribution in [0.15, 0.2) is 0 Å². The van der Waals surface area contributed by atoms with Gasteiger partial charge in [0.2, 0.25) is 0 Å². The summed E-state index contributed by atoms with van der Waals surface area (Å²) in [6.07, 6.45) is 6.84. The van der Waals surface area contributed by atoms with Gasteiger partial charge in [0.1, 0.15) is 18.0 Å². The van der Waals surface area contributed by atoms with Crippen LogP contribution in [-0.4, -0.2) is 29.9 Å². The molecule has 31 heavy (non-hydrogen) atoms. The lowest BCUT2D eigenvalue weighted by Gasteiger charge is -2.62. The van der Waals surface area contributed by atoms with Gasteiger partial charge in [0.15, 0.2) is 0 Å². The lowest BCUT2D eigenvalue weighted by atomic mass is 9.43. The van der Waals surface area contributed by atoms with E-state index in [0.29, 0.717) is 35.4 Å². The predicted molar refractivity (Wildman–Crippen MR) is 117 cm³/mol. The fourth-order valence-corrected chi connectivity index (χ4v) is 9.21. The van der Waals surface area contributed by atoms with Gasteiger partial charge in [-0.15, -0.1) is 0 Å². The summed E-state index contributed by atoms with van der Waals surface area (Å²) in [5.41, 5.74) is -0.0107. The molecule has 4 fully saturated rings. The molecule has 0 aliphatic heterocycles. The second-order valence-electron chi connectivity index (χ2n) is 11.7. The van der Waals surface area contributed by atoms with Crippen LogP contribution < -0.4 is 0 Å². The predicted octanol–water partition coefficient (Wildman–Crippen LogP) is 4.95. The van der Waals surface area contributed by atoms with Gasteiger partial charge in [0, 0.05) is 25.7 Å². The van der Waals surface area contributed by atoms with Gasteiger partial charge in [-0.1, -0.05) is 20.8 Å². The molecule has 4 aliphatic carbocycles. The van der Waals surface area contributed by atoms with E-state index < -0.39 is 0 Å². The fourth-order valence-electron chi connectivity index (χ4n) is 9.21. The molecule has 0 radical (unpaired) electrons. The second-order valence-corrected chi connectivity index (χ2v) is 11.7. The number of rotatable bonds is 3. The minimum atomic E-state index is -0.212. The summed E-state index contributed by atoms with van der Waals surface area (Å²) in [7, 11) is 0. The Labute approximate surface area is 187 Å². The maximum absolute atomic E-state index is 12.7. The molecule has 0 saturated heterocycles. The minimum absolute atomic E-state index is 0.0155. The first-order valence-corrected chi connectivity index (χ1v) is 12.3. The number of ether oxygens (including phenoxy) is 2. The van der Waals surface area contributed by atoms with Crippen molar-refractivity contribution < 1.29 is 23.9 Å². The van der Waals surface area contributed by atoms with Crippen molar-refractivity contribution in [3.8, 4) is 0 Å². The lowest BCUT2D eigenvalue weighted by Crippen LogP contribution is -2.60. The van der Waals surface area contributed by atoms with Gasteiger partial charge in [0.25, 0.3) is 0 Å². The van der Waals surface area contributed by atoms with E-state index in [0.717, 1.165) is 44.9 Å². The highest BCUT2D eigenvalue weighted by atomic mass is 16.5. The maximum atomic E-state index is 12.7. The van der Waals surface area contributed by atoms with Crippen molar-refractivity contribution in [3.63, 3.8) is 0 Å². The van der Waals surface area contributed by atoms with Crippen LogP contribution in [0.3, 0.4) is 0 Å². The monoisotopic (exact) mass is 432 g/mol. The molecule has 0 heterocycles. The molecule has 0 aromatic heterocycles. The Hall–Kier alpha value is -1.39. The van der Waals surface area contributed by atoms with Gasteiger partial charge in [-0.3, -0.25) is 14.4 Å². The van der Waals surface area contributed by atoms with Crippen molar-refractivity contribution in [1.82, 2.24) is 0 Å². The van der Waals surface area contributed by atoms with Crippen molar-refractivity contribution in [1.29, 1.82) is 0 Å². The third-order valence-corrected chi connectivity index (χ3v) is 9.95. The van der Waals surface area contributed by atoms with Crippen molar-refractivity contribution in [2.24, 2.45) is 46.3 Å². The molecule has 0 aromatic carbocycles. The number of hydrogen-bond acceptors (Lipinski definition) is 5. The van der Waals surface area contributed by atoms with Crippen LogP contribution in [-0.2, 0) is 23.9 Å². The third kappa shape index (κ3) is 3.64. The second kappa shape index (κ2) is 7.88. The maximum Gasteiger partial charge on any atom is 0.302 e. The first-order chi connectivity index (χ1) is 14.5. The van der Waals surface area contributed by atoms with E-state index in [-0.39, 0.29) is 40.9 Å². The average Bonchev–Trinajstić information content (AvgIpc) is 2.90. The van der Waals surface area contributed by atoms with E-state index in [1.807, 2.05) is 0 Å². The molecule has 174 valence electrons. The van der Waals surface area contributed by atoms with E-state index in [9.17, 15) is 14.4 Å². The number of Topliss-reactive ketones (excluding diaryl/α,β-unsaturated/α-hetero) is 1. The number of fused-ring (bicyclic) bond motifs is 5. The van der Waals surface area contributed by atoms with Crippen LogP contribution >= 0.6 is 0 Å². The normalized spacial score (nSPS) is 48.7.